The first-order chi connectivity index (χ1) is 22.3. The summed E-state index contributed by atoms with van der Waals surface area (Å²) in [5, 5.41) is 2.61. The highest BCUT2D eigenvalue weighted by atomic mass is 15.1. The predicted octanol–water partition coefficient (Wildman–Crippen LogP) is 12.8. The van der Waals surface area contributed by atoms with Gasteiger partial charge < -0.3 is 4.90 Å². The lowest BCUT2D eigenvalue weighted by Gasteiger charge is -2.30. The van der Waals surface area contributed by atoms with Crippen molar-refractivity contribution in [1.82, 2.24) is 0 Å². The Balaban J connectivity index is 1.33. The molecule has 234 valence electrons. The Kier molecular flexibility index (Phi) is 6.45. The van der Waals surface area contributed by atoms with Gasteiger partial charge in [0.1, 0.15) is 0 Å². The maximum atomic E-state index is 2.52. The van der Waals surface area contributed by atoms with Crippen molar-refractivity contribution in [3.63, 3.8) is 0 Å². The lowest BCUT2D eigenvalue weighted by molar-refractivity contribution is 0.590. The Bertz CT molecular complexity index is 2120. The molecule has 0 atom stereocenters. The quantitative estimate of drug-likeness (QED) is 0.192. The summed E-state index contributed by atoms with van der Waals surface area (Å²) in [7, 11) is 0. The van der Waals surface area contributed by atoms with Crippen LogP contribution in [-0.2, 0) is 22.7 Å². The molecule has 0 amide bonds. The van der Waals surface area contributed by atoms with Crippen LogP contribution in [0, 0.1) is 0 Å². The van der Waals surface area contributed by atoms with Gasteiger partial charge in [0.25, 0.3) is 0 Å². The van der Waals surface area contributed by atoms with Crippen molar-refractivity contribution in [2.45, 2.75) is 78.1 Å². The number of benzene rings is 6. The van der Waals surface area contributed by atoms with Gasteiger partial charge in [-0.1, -0.05) is 128 Å². The van der Waals surface area contributed by atoms with Crippen LogP contribution in [-0.4, -0.2) is 0 Å². The Morgan fingerprint density at radius 1 is 0.511 bits per heavy atom. The van der Waals surface area contributed by atoms with E-state index in [9.17, 15) is 0 Å². The van der Waals surface area contributed by atoms with Crippen LogP contribution in [0.2, 0.25) is 0 Å². The zero-order chi connectivity index (χ0) is 32.9. The van der Waals surface area contributed by atoms with Gasteiger partial charge in [0.05, 0.1) is 5.69 Å². The summed E-state index contributed by atoms with van der Waals surface area (Å²) < 4.78 is 0. The largest absolute Gasteiger partial charge is 0.310 e. The van der Waals surface area contributed by atoms with Crippen molar-refractivity contribution < 1.29 is 0 Å². The lowest BCUT2D eigenvalue weighted by atomic mass is 9.81. The van der Waals surface area contributed by atoms with Crippen LogP contribution in [0.5, 0.6) is 0 Å². The Morgan fingerprint density at radius 3 is 1.66 bits per heavy atom. The second kappa shape index (κ2) is 10.2. The molecular weight excluding hydrogens is 567 g/mol. The highest BCUT2D eigenvalue weighted by Gasteiger charge is 2.37. The van der Waals surface area contributed by atoms with Gasteiger partial charge >= 0.3 is 0 Å². The molecule has 6 aromatic carbocycles. The molecule has 0 aromatic heterocycles. The molecule has 1 nitrogen and oxygen atoms in total. The van der Waals surface area contributed by atoms with E-state index in [-0.39, 0.29) is 16.2 Å². The van der Waals surface area contributed by atoms with Gasteiger partial charge in [0, 0.05) is 22.2 Å². The third kappa shape index (κ3) is 4.66. The van der Waals surface area contributed by atoms with Gasteiger partial charge in [0.2, 0.25) is 0 Å². The molecule has 6 aromatic rings. The van der Waals surface area contributed by atoms with E-state index < -0.39 is 0 Å². The van der Waals surface area contributed by atoms with Gasteiger partial charge in [0.15, 0.2) is 0 Å². The Hall–Kier alpha value is -4.62. The smallest absolute Gasteiger partial charge is 0.0543 e. The summed E-state index contributed by atoms with van der Waals surface area (Å²) in [6.07, 6.45) is 0.943. The Morgan fingerprint density at radius 2 is 1.06 bits per heavy atom. The van der Waals surface area contributed by atoms with Gasteiger partial charge in [-0.05, 0) is 121 Å². The number of hydrogen-bond acceptors (Lipinski definition) is 1. The molecule has 1 heteroatoms. The summed E-state index contributed by atoms with van der Waals surface area (Å²) >= 11 is 0. The third-order valence-corrected chi connectivity index (χ3v) is 10.8. The molecule has 8 rings (SSSR count). The van der Waals surface area contributed by atoms with Crippen molar-refractivity contribution in [2.75, 3.05) is 4.90 Å². The van der Waals surface area contributed by atoms with E-state index in [1.54, 1.807) is 0 Å². The summed E-state index contributed by atoms with van der Waals surface area (Å²) in [5.41, 5.74) is 17.8. The van der Waals surface area contributed by atoms with E-state index in [0.29, 0.717) is 0 Å². The number of nitrogens with zero attached hydrogens (tertiary/aromatic N) is 1. The molecule has 0 unspecified atom stereocenters. The first kappa shape index (κ1) is 29.8. The molecule has 0 N–H and O–H groups in total. The van der Waals surface area contributed by atoms with E-state index in [0.717, 1.165) is 6.42 Å². The van der Waals surface area contributed by atoms with Crippen LogP contribution < -0.4 is 4.90 Å². The molecule has 0 heterocycles. The van der Waals surface area contributed by atoms with E-state index in [1.165, 1.54) is 83.5 Å². The van der Waals surface area contributed by atoms with Crippen LogP contribution in [0.15, 0.2) is 115 Å². The third-order valence-electron chi connectivity index (χ3n) is 10.8. The first-order valence-corrected chi connectivity index (χ1v) is 17.2. The second-order valence-corrected chi connectivity index (χ2v) is 16.3. The fourth-order valence-electron chi connectivity index (χ4n) is 8.08. The standard InChI is InChI=1S/C46H45N/c1-44(2,3)31-17-21-33(22-18-31)47(34-23-19-32(20-24-34)45(4,5)6)42-27-30-25-29-26-39-35-13-11-12-16-40(35)46(7,8)41(39)28-38(29)43(30)37-15-10-9-14-36(37)42/h9-24,26-28H,25H2,1-8H3. The molecule has 47 heavy (non-hydrogen) atoms. The van der Waals surface area contributed by atoms with Crippen LogP contribution >= 0.6 is 0 Å². The highest BCUT2D eigenvalue weighted by molar-refractivity contribution is 6.09. The first-order valence-electron chi connectivity index (χ1n) is 17.2. The number of rotatable bonds is 3. The van der Waals surface area contributed by atoms with Crippen LogP contribution in [0.25, 0.3) is 33.0 Å². The topological polar surface area (TPSA) is 3.24 Å². The zero-order valence-corrected chi connectivity index (χ0v) is 29.1. The van der Waals surface area contributed by atoms with E-state index >= 15 is 0 Å². The normalized spacial score (nSPS) is 14.5. The lowest BCUT2D eigenvalue weighted by Crippen LogP contribution is -2.15. The average molecular weight is 612 g/mol. The maximum Gasteiger partial charge on any atom is 0.0543 e. The van der Waals surface area contributed by atoms with Crippen LogP contribution in [0.1, 0.15) is 88.8 Å². The molecule has 0 saturated heterocycles. The molecule has 0 bridgehead atoms. The average Bonchev–Trinajstić information content (AvgIpc) is 3.51. The van der Waals surface area contributed by atoms with Crippen molar-refractivity contribution >= 4 is 27.8 Å². The molecule has 0 aliphatic heterocycles. The van der Waals surface area contributed by atoms with Gasteiger partial charge in [-0.15, -0.1) is 0 Å². The van der Waals surface area contributed by atoms with E-state index in [2.05, 4.69) is 176 Å². The summed E-state index contributed by atoms with van der Waals surface area (Å²) in [6.45, 7) is 18.5. The minimum atomic E-state index is -0.0192. The molecular formula is C46H45N. The molecule has 0 saturated carbocycles. The van der Waals surface area contributed by atoms with Crippen molar-refractivity contribution in [2.24, 2.45) is 0 Å². The van der Waals surface area contributed by atoms with E-state index in [1.807, 2.05) is 0 Å². The van der Waals surface area contributed by atoms with Gasteiger partial charge in [-0.3, -0.25) is 0 Å². The molecule has 0 radical (unpaired) electrons. The summed E-state index contributed by atoms with van der Waals surface area (Å²) in [5.74, 6) is 0. The fourth-order valence-corrected chi connectivity index (χ4v) is 8.08. The highest BCUT2D eigenvalue weighted by Crippen LogP contribution is 2.54. The zero-order valence-electron chi connectivity index (χ0n) is 29.1. The molecule has 2 aliphatic carbocycles. The van der Waals surface area contributed by atoms with Gasteiger partial charge in [-0.25, -0.2) is 0 Å². The molecule has 0 fully saturated rings. The predicted molar refractivity (Wildman–Crippen MR) is 202 cm³/mol. The van der Waals surface area contributed by atoms with Crippen LogP contribution in [0.4, 0.5) is 17.1 Å². The van der Waals surface area contributed by atoms with Crippen molar-refractivity contribution in [1.29, 1.82) is 0 Å². The van der Waals surface area contributed by atoms with Gasteiger partial charge in [-0.2, -0.15) is 0 Å². The van der Waals surface area contributed by atoms with Crippen molar-refractivity contribution in [3.8, 4) is 22.3 Å². The van der Waals surface area contributed by atoms with Crippen LogP contribution in [0.3, 0.4) is 0 Å². The molecule has 0 spiro atoms. The monoisotopic (exact) mass is 611 g/mol. The fraction of sp³-hybridized carbons (Fsp3) is 0.261. The number of anilines is 3. The number of fused-ring (bicyclic) bond motifs is 8. The maximum absolute atomic E-state index is 2.52. The minimum Gasteiger partial charge on any atom is -0.310 e. The molecule has 2 aliphatic rings. The Labute approximate surface area is 280 Å². The minimum absolute atomic E-state index is 0.0192. The SMILES string of the molecule is CC(C)(C)c1ccc(N(c2ccc(C(C)(C)C)cc2)c2cc3c(c4ccccc24)-c2cc4c(cc2C3)-c2ccccc2C4(C)C)cc1. The van der Waals surface area contributed by atoms with Crippen molar-refractivity contribution in [3.05, 3.63) is 149 Å². The summed E-state index contributed by atoms with van der Waals surface area (Å²) in [6, 6.07) is 44.0. The number of hydrogen-bond donors (Lipinski definition) is 0. The second-order valence-electron chi connectivity index (χ2n) is 16.3. The van der Waals surface area contributed by atoms with E-state index in [4.69, 9.17) is 0 Å². The summed E-state index contributed by atoms with van der Waals surface area (Å²) in [4.78, 5) is 2.48.